The molecule has 0 aromatic heterocycles. The van der Waals surface area contributed by atoms with E-state index in [1.54, 1.807) is 0 Å². The molecule has 0 saturated heterocycles. The fourth-order valence-electron chi connectivity index (χ4n) is 2.93. The van der Waals surface area contributed by atoms with Crippen LogP contribution in [0.2, 0.25) is 5.02 Å². The van der Waals surface area contributed by atoms with Crippen molar-refractivity contribution in [2.24, 2.45) is 11.1 Å². The van der Waals surface area contributed by atoms with E-state index in [4.69, 9.17) is 17.3 Å². The monoisotopic (exact) mass is 265 g/mol. The lowest BCUT2D eigenvalue weighted by atomic mass is 9.71. The predicted octanol–water partition coefficient (Wildman–Crippen LogP) is 4.53. The van der Waals surface area contributed by atoms with Crippen LogP contribution in [0.5, 0.6) is 0 Å². The van der Waals surface area contributed by atoms with E-state index in [2.05, 4.69) is 32.0 Å². The molecule has 0 aliphatic heterocycles. The SMILES string of the molecule is CC1(C)CCC(c2ccc(CCN)cc2Cl)CC1. The minimum absolute atomic E-state index is 0.516. The lowest BCUT2D eigenvalue weighted by Gasteiger charge is -2.34. The lowest BCUT2D eigenvalue weighted by Crippen LogP contribution is -2.20. The molecule has 1 aliphatic carbocycles. The molecule has 1 aromatic rings. The van der Waals surface area contributed by atoms with Crippen LogP contribution in [0.4, 0.5) is 0 Å². The molecule has 2 N–H and O–H groups in total. The Morgan fingerprint density at radius 3 is 2.50 bits per heavy atom. The maximum atomic E-state index is 6.43. The summed E-state index contributed by atoms with van der Waals surface area (Å²) in [5.41, 5.74) is 8.69. The van der Waals surface area contributed by atoms with Crippen molar-refractivity contribution >= 4 is 11.6 Å². The zero-order valence-corrected chi connectivity index (χ0v) is 12.3. The molecule has 2 heteroatoms. The van der Waals surface area contributed by atoms with Crippen molar-refractivity contribution in [1.82, 2.24) is 0 Å². The Hall–Kier alpha value is -0.530. The van der Waals surface area contributed by atoms with Gasteiger partial charge in [-0.25, -0.2) is 0 Å². The molecule has 18 heavy (non-hydrogen) atoms. The van der Waals surface area contributed by atoms with Crippen molar-refractivity contribution < 1.29 is 0 Å². The van der Waals surface area contributed by atoms with E-state index in [1.165, 1.54) is 36.8 Å². The van der Waals surface area contributed by atoms with E-state index in [0.717, 1.165) is 11.4 Å². The predicted molar refractivity (Wildman–Crippen MR) is 79.2 cm³/mol. The molecule has 2 rings (SSSR count). The summed E-state index contributed by atoms with van der Waals surface area (Å²) in [6, 6.07) is 6.51. The highest BCUT2D eigenvalue weighted by atomic mass is 35.5. The molecule has 0 bridgehead atoms. The van der Waals surface area contributed by atoms with Gasteiger partial charge in [-0.1, -0.05) is 37.6 Å². The van der Waals surface area contributed by atoms with E-state index in [9.17, 15) is 0 Å². The summed E-state index contributed by atoms with van der Waals surface area (Å²) in [7, 11) is 0. The van der Waals surface area contributed by atoms with Crippen LogP contribution in [0.25, 0.3) is 0 Å². The molecule has 0 atom stereocenters. The second-order valence-electron chi connectivity index (χ2n) is 6.33. The summed E-state index contributed by atoms with van der Waals surface area (Å²) < 4.78 is 0. The minimum Gasteiger partial charge on any atom is -0.330 e. The molecule has 0 spiro atoms. The molecule has 1 aromatic carbocycles. The first-order valence-corrected chi connectivity index (χ1v) is 7.38. The summed E-state index contributed by atoms with van der Waals surface area (Å²) in [6.07, 6.45) is 6.06. The highest BCUT2D eigenvalue weighted by Gasteiger charge is 2.28. The Labute approximate surface area is 116 Å². The van der Waals surface area contributed by atoms with Gasteiger partial charge in [0.25, 0.3) is 0 Å². The second-order valence-corrected chi connectivity index (χ2v) is 6.74. The van der Waals surface area contributed by atoms with Crippen LogP contribution in [0.3, 0.4) is 0 Å². The van der Waals surface area contributed by atoms with Gasteiger partial charge in [0.1, 0.15) is 0 Å². The number of halogens is 1. The third kappa shape index (κ3) is 3.27. The molecule has 1 fully saturated rings. The first kappa shape index (κ1) is 13.9. The molecular formula is C16H24ClN. The first-order chi connectivity index (χ1) is 8.52. The Morgan fingerprint density at radius 1 is 1.28 bits per heavy atom. The molecule has 0 heterocycles. The Balaban J connectivity index is 2.10. The van der Waals surface area contributed by atoms with Gasteiger partial charge >= 0.3 is 0 Å². The summed E-state index contributed by atoms with van der Waals surface area (Å²) >= 11 is 6.43. The van der Waals surface area contributed by atoms with Crippen LogP contribution < -0.4 is 5.73 Å². The Bertz CT molecular complexity index is 402. The normalized spacial score (nSPS) is 20.0. The standard InChI is InChI=1S/C16H24ClN/c1-16(2)8-5-13(6-9-16)14-4-3-12(7-10-18)11-15(14)17/h3-4,11,13H,5-10,18H2,1-2H3. The van der Waals surface area contributed by atoms with Gasteiger partial charge in [0.2, 0.25) is 0 Å². The van der Waals surface area contributed by atoms with Gasteiger partial charge < -0.3 is 5.73 Å². The fourth-order valence-corrected chi connectivity index (χ4v) is 3.29. The van der Waals surface area contributed by atoms with Crippen LogP contribution in [-0.2, 0) is 6.42 Å². The molecule has 0 amide bonds. The zero-order chi connectivity index (χ0) is 13.2. The van der Waals surface area contributed by atoms with Crippen molar-refractivity contribution in [3.8, 4) is 0 Å². The summed E-state index contributed by atoms with van der Waals surface area (Å²) in [5.74, 6) is 0.650. The smallest absolute Gasteiger partial charge is 0.0443 e. The van der Waals surface area contributed by atoms with Gasteiger partial charge in [0.05, 0.1) is 0 Å². The van der Waals surface area contributed by atoms with E-state index in [1.807, 2.05) is 0 Å². The highest BCUT2D eigenvalue weighted by molar-refractivity contribution is 6.31. The lowest BCUT2D eigenvalue weighted by molar-refractivity contribution is 0.224. The summed E-state index contributed by atoms with van der Waals surface area (Å²) in [6.45, 7) is 5.43. The van der Waals surface area contributed by atoms with Crippen LogP contribution in [0, 0.1) is 5.41 Å². The van der Waals surface area contributed by atoms with Gasteiger partial charge in [-0.05, 0) is 67.2 Å². The van der Waals surface area contributed by atoms with Crippen molar-refractivity contribution in [1.29, 1.82) is 0 Å². The van der Waals surface area contributed by atoms with Crippen LogP contribution in [0.1, 0.15) is 56.6 Å². The van der Waals surface area contributed by atoms with Gasteiger partial charge in [0, 0.05) is 5.02 Å². The molecule has 0 radical (unpaired) electrons. The number of hydrogen-bond donors (Lipinski definition) is 1. The van der Waals surface area contributed by atoms with Crippen molar-refractivity contribution in [3.05, 3.63) is 34.3 Å². The number of hydrogen-bond acceptors (Lipinski definition) is 1. The third-order valence-corrected chi connectivity index (χ3v) is 4.60. The Morgan fingerprint density at radius 2 is 1.94 bits per heavy atom. The molecular weight excluding hydrogens is 242 g/mol. The maximum Gasteiger partial charge on any atom is 0.0443 e. The van der Waals surface area contributed by atoms with E-state index >= 15 is 0 Å². The zero-order valence-electron chi connectivity index (χ0n) is 11.5. The Kier molecular flexibility index (Phi) is 4.34. The molecule has 0 unspecified atom stereocenters. The van der Waals surface area contributed by atoms with Crippen LogP contribution >= 0.6 is 11.6 Å². The van der Waals surface area contributed by atoms with Crippen molar-refractivity contribution in [2.75, 3.05) is 6.54 Å². The van der Waals surface area contributed by atoms with Gasteiger partial charge in [-0.2, -0.15) is 0 Å². The second kappa shape index (κ2) is 5.63. The molecule has 100 valence electrons. The average molecular weight is 266 g/mol. The van der Waals surface area contributed by atoms with Gasteiger partial charge in [-0.3, -0.25) is 0 Å². The minimum atomic E-state index is 0.516. The summed E-state index contributed by atoms with van der Waals surface area (Å²) in [5, 5.41) is 0.936. The van der Waals surface area contributed by atoms with E-state index in [-0.39, 0.29) is 0 Å². The summed E-state index contributed by atoms with van der Waals surface area (Å²) in [4.78, 5) is 0. The first-order valence-electron chi connectivity index (χ1n) is 7.00. The number of rotatable bonds is 3. The van der Waals surface area contributed by atoms with Gasteiger partial charge in [0.15, 0.2) is 0 Å². The van der Waals surface area contributed by atoms with E-state index < -0.39 is 0 Å². The molecule has 1 aliphatic rings. The highest BCUT2D eigenvalue weighted by Crippen LogP contribution is 2.44. The van der Waals surface area contributed by atoms with Crippen LogP contribution in [-0.4, -0.2) is 6.54 Å². The molecule has 1 saturated carbocycles. The van der Waals surface area contributed by atoms with E-state index in [0.29, 0.717) is 17.9 Å². The number of benzene rings is 1. The van der Waals surface area contributed by atoms with Crippen molar-refractivity contribution in [2.45, 2.75) is 51.9 Å². The maximum absolute atomic E-state index is 6.43. The quantitative estimate of drug-likeness (QED) is 0.854. The fraction of sp³-hybridized carbons (Fsp3) is 0.625. The third-order valence-electron chi connectivity index (χ3n) is 4.28. The molecule has 1 nitrogen and oxygen atoms in total. The topological polar surface area (TPSA) is 26.0 Å². The van der Waals surface area contributed by atoms with Crippen LogP contribution in [0.15, 0.2) is 18.2 Å². The number of nitrogens with two attached hydrogens (primary N) is 1. The van der Waals surface area contributed by atoms with Crippen molar-refractivity contribution in [3.63, 3.8) is 0 Å². The van der Waals surface area contributed by atoms with Gasteiger partial charge in [-0.15, -0.1) is 0 Å². The average Bonchev–Trinajstić information content (AvgIpc) is 2.31. The largest absolute Gasteiger partial charge is 0.330 e.